The third kappa shape index (κ3) is 4.14. The van der Waals surface area contributed by atoms with Crippen LogP contribution in [0, 0.1) is 0 Å². The van der Waals surface area contributed by atoms with Crippen LogP contribution in [0.1, 0.15) is 5.56 Å². The number of rotatable bonds is 5. The molecule has 1 aromatic rings. The van der Waals surface area contributed by atoms with Crippen LogP contribution >= 0.6 is 0 Å². The van der Waals surface area contributed by atoms with Gasteiger partial charge in [-0.3, -0.25) is 0 Å². The molecule has 0 aromatic heterocycles. The van der Waals surface area contributed by atoms with Crippen LogP contribution in [0.2, 0.25) is 0 Å². The van der Waals surface area contributed by atoms with Crippen molar-refractivity contribution in [1.82, 2.24) is 0 Å². The molecule has 0 aliphatic heterocycles. The fourth-order valence-electron chi connectivity index (χ4n) is 1.03. The topological polar surface area (TPSA) is 66.4 Å². The normalized spacial score (nSPS) is 11.0. The van der Waals surface area contributed by atoms with Crippen LogP contribution in [0.15, 0.2) is 30.8 Å². The quantitative estimate of drug-likeness (QED) is 0.710. The summed E-state index contributed by atoms with van der Waals surface area (Å²) < 4.78 is 36.1. The maximum absolute atomic E-state index is 10.3. The highest BCUT2D eigenvalue weighted by Crippen LogP contribution is 2.18. The summed E-state index contributed by atoms with van der Waals surface area (Å²) in [7, 11) is -4.21. The zero-order valence-corrected chi connectivity index (χ0v) is 8.87. The molecule has 0 saturated heterocycles. The summed E-state index contributed by atoms with van der Waals surface area (Å²) in [4.78, 5) is 0. The van der Waals surface area contributed by atoms with Crippen molar-refractivity contribution in [3.8, 4) is 5.75 Å². The highest BCUT2D eigenvalue weighted by Gasteiger charge is 2.00. The van der Waals surface area contributed by atoms with Crippen LogP contribution in [0.3, 0.4) is 0 Å². The van der Waals surface area contributed by atoms with Crippen molar-refractivity contribution >= 4 is 16.2 Å². The molecule has 0 heterocycles. The van der Waals surface area contributed by atoms with Gasteiger partial charge in [0, 0.05) is 5.56 Å². The lowest BCUT2D eigenvalue weighted by Gasteiger charge is -2.10. The summed E-state index contributed by atoms with van der Waals surface area (Å²) in [6.45, 7) is 3.45. The minimum Gasteiger partial charge on any atom is -0.748 e. The number of para-hydroxylation sites is 1. The molecule has 4 nitrogen and oxygen atoms in total. The van der Waals surface area contributed by atoms with E-state index in [0.29, 0.717) is 5.75 Å². The second-order valence-electron chi connectivity index (χ2n) is 2.85. The summed E-state index contributed by atoms with van der Waals surface area (Å²) in [5.74, 6) is -0.00508. The molecule has 0 bridgehead atoms. The van der Waals surface area contributed by atoms with E-state index in [9.17, 15) is 13.0 Å². The average molecular weight is 227 g/mol. The van der Waals surface area contributed by atoms with Crippen molar-refractivity contribution in [2.24, 2.45) is 0 Å². The average Bonchev–Trinajstić information content (AvgIpc) is 2.16. The first-order chi connectivity index (χ1) is 7.03. The largest absolute Gasteiger partial charge is 0.748 e. The van der Waals surface area contributed by atoms with E-state index in [1.807, 2.05) is 6.07 Å². The van der Waals surface area contributed by atoms with Crippen molar-refractivity contribution in [1.29, 1.82) is 0 Å². The Labute approximate surface area is 88.9 Å². The molecule has 1 aromatic carbocycles. The van der Waals surface area contributed by atoms with E-state index in [0.717, 1.165) is 5.56 Å². The number of ether oxygens (including phenoxy) is 1. The Morgan fingerprint density at radius 3 is 2.67 bits per heavy atom. The van der Waals surface area contributed by atoms with Crippen LogP contribution in [-0.4, -0.2) is 25.3 Å². The molecule has 0 atom stereocenters. The number of hydrogen-bond donors (Lipinski definition) is 0. The fourth-order valence-corrected chi connectivity index (χ4v) is 1.32. The Balaban J connectivity index is 2.61. The highest BCUT2D eigenvalue weighted by atomic mass is 32.2. The molecule has 0 N–H and O–H groups in total. The van der Waals surface area contributed by atoms with Crippen LogP contribution in [0.5, 0.6) is 5.75 Å². The van der Waals surface area contributed by atoms with Gasteiger partial charge in [-0.2, -0.15) is 0 Å². The molecular weight excluding hydrogens is 216 g/mol. The van der Waals surface area contributed by atoms with Gasteiger partial charge >= 0.3 is 0 Å². The first-order valence-corrected chi connectivity index (χ1v) is 5.88. The summed E-state index contributed by atoms with van der Waals surface area (Å²) in [6, 6.07) is 7.05. The standard InChI is InChI=1S/C10H12O4S/c1-2-9-5-3-4-6-10(9)14-7-8-15(11,12)13/h2-6H,1,7-8H2,(H,11,12,13)/p-1. The van der Waals surface area contributed by atoms with Gasteiger partial charge in [-0.15, -0.1) is 0 Å². The van der Waals surface area contributed by atoms with Crippen LogP contribution in [0.4, 0.5) is 0 Å². The summed E-state index contributed by atoms with van der Waals surface area (Å²) in [5, 5.41) is 0. The molecule has 0 spiro atoms. The zero-order valence-electron chi connectivity index (χ0n) is 8.05. The lowest BCUT2D eigenvalue weighted by atomic mass is 10.2. The van der Waals surface area contributed by atoms with Crippen molar-refractivity contribution < 1.29 is 17.7 Å². The molecule has 5 heteroatoms. The molecule has 0 unspecified atom stereocenters. The predicted octanol–water partition coefficient (Wildman–Crippen LogP) is 1.25. The maximum Gasteiger partial charge on any atom is 0.126 e. The van der Waals surface area contributed by atoms with Gasteiger partial charge in [0.1, 0.15) is 12.4 Å². The van der Waals surface area contributed by atoms with E-state index in [-0.39, 0.29) is 6.61 Å². The van der Waals surface area contributed by atoms with Gasteiger partial charge in [-0.25, -0.2) is 8.42 Å². The Morgan fingerprint density at radius 2 is 2.07 bits per heavy atom. The lowest BCUT2D eigenvalue weighted by molar-refractivity contribution is 0.334. The Morgan fingerprint density at radius 1 is 1.40 bits per heavy atom. The summed E-state index contributed by atoms with van der Waals surface area (Å²) in [5.41, 5.74) is 0.765. The summed E-state index contributed by atoms with van der Waals surface area (Å²) >= 11 is 0. The predicted molar refractivity (Wildman–Crippen MR) is 56.6 cm³/mol. The SMILES string of the molecule is C=Cc1ccccc1OCCS(=O)(=O)[O-]. The number of benzene rings is 1. The van der Waals surface area contributed by atoms with Gasteiger partial charge in [-0.05, 0) is 6.07 Å². The molecule has 0 fully saturated rings. The van der Waals surface area contributed by atoms with Crippen LogP contribution in [0.25, 0.3) is 6.08 Å². The fraction of sp³-hybridized carbons (Fsp3) is 0.200. The smallest absolute Gasteiger partial charge is 0.126 e. The Kier molecular flexibility index (Phi) is 3.88. The van der Waals surface area contributed by atoms with Gasteiger partial charge in [-0.1, -0.05) is 30.9 Å². The minimum absolute atomic E-state index is 0.142. The van der Waals surface area contributed by atoms with Gasteiger partial charge < -0.3 is 9.29 Å². The van der Waals surface area contributed by atoms with Gasteiger partial charge in [0.25, 0.3) is 0 Å². The lowest BCUT2D eigenvalue weighted by Crippen LogP contribution is -2.13. The van der Waals surface area contributed by atoms with E-state index in [4.69, 9.17) is 4.74 Å². The van der Waals surface area contributed by atoms with Crippen LogP contribution < -0.4 is 4.74 Å². The minimum atomic E-state index is -4.21. The second-order valence-corrected chi connectivity index (χ2v) is 4.38. The van der Waals surface area contributed by atoms with Gasteiger partial charge in [0.05, 0.1) is 15.9 Å². The number of hydrogen-bond acceptors (Lipinski definition) is 4. The van der Waals surface area contributed by atoms with Crippen molar-refractivity contribution in [3.63, 3.8) is 0 Å². The second kappa shape index (κ2) is 4.95. The molecular formula is C10H11O4S-. The Bertz CT molecular complexity index is 436. The van der Waals surface area contributed by atoms with E-state index in [1.165, 1.54) is 0 Å². The zero-order chi connectivity index (χ0) is 11.3. The molecule has 0 radical (unpaired) electrons. The third-order valence-corrected chi connectivity index (χ3v) is 2.40. The summed E-state index contributed by atoms with van der Waals surface area (Å²) in [6.07, 6.45) is 1.60. The van der Waals surface area contributed by atoms with E-state index >= 15 is 0 Å². The van der Waals surface area contributed by atoms with Crippen LogP contribution in [-0.2, 0) is 10.1 Å². The van der Waals surface area contributed by atoms with Crippen molar-refractivity contribution in [2.45, 2.75) is 0 Å². The maximum atomic E-state index is 10.3. The molecule has 15 heavy (non-hydrogen) atoms. The van der Waals surface area contributed by atoms with Gasteiger partial charge in [0.2, 0.25) is 0 Å². The van der Waals surface area contributed by atoms with Crippen molar-refractivity contribution in [2.75, 3.05) is 12.4 Å². The molecule has 0 amide bonds. The van der Waals surface area contributed by atoms with Gasteiger partial charge in [0.15, 0.2) is 0 Å². The molecule has 0 aliphatic carbocycles. The monoisotopic (exact) mass is 227 g/mol. The highest BCUT2D eigenvalue weighted by molar-refractivity contribution is 7.85. The van der Waals surface area contributed by atoms with Crippen molar-refractivity contribution in [3.05, 3.63) is 36.4 Å². The Hall–Kier alpha value is -1.33. The molecule has 0 aliphatic rings. The molecule has 82 valence electrons. The first kappa shape index (κ1) is 11.7. The molecule has 0 saturated carbocycles. The molecule has 1 rings (SSSR count). The first-order valence-electron chi connectivity index (χ1n) is 4.31. The van der Waals surface area contributed by atoms with E-state index in [1.54, 1.807) is 24.3 Å². The third-order valence-electron chi connectivity index (χ3n) is 1.73. The van der Waals surface area contributed by atoms with E-state index in [2.05, 4.69) is 6.58 Å². The van der Waals surface area contributed by atoms with E-state index < -0.39 is 15.9 Å².